The molecule has 1 rings (SSSR count). The summed E-state index contributed by atoms with van der Waals surface area (Å²) >= 11 is 0. The van der Waals surface area contributed by atoms with E-state index in [0.717, 1.165) is 0 Å². The lowest BCUT2D eigenvalue weighted by Crippen LogP contribution is -2.29. The molecular weight excluding hydrogens is 170 g/mol. The number of nitrogens with one attached hydrogen (secondary N) is 2. The lowest BCUT2D eigenvalue weighted by molar-refractivity contribution is 0.804. The van der Waals surface area contributed by atoms with Crippen molar-refractivity contribution in [2.75, 3.05) is 11.9 Å². The zero-order chi connectivity index (χ0) is 9.84. The van der Waals surface area contributed by atoms with Crippen molar-refractivity contribution in [3.63, 3.8) is 0 Å². The fourth-order valence-corrected chi connectivity index (χ4v) is 0.902. The van der Waals surface area contributed by atoms with Crippen LogP contribution in [0.3, 0.4) is 0 Å². The monoisotopic (exact) mass is 181 g/mol. The number of nitrogens with zero attached hydrogens (tertiary/aromatic N) is 1. The Labute approximate surface area is 74.7 Å². The highest BCUT2D eigenvalue weighted by Crippen LogP contribution is 1.95. The van der Waals surface area contributed by atoms with E-state index in [1.54, 1.807) is 13.1 Å². The molecule has 0 unspecified atom stereocenters. The molecule has 0 bridgehead atoms. The average molecular weight is 181 g/mol. The Kier molecular flexibility index (Phi) is 2.69. The minimum Gasteiger partial charge on any atom is -0.368 e. The van der Waals surface area contributed by atoms with Crippen LogP contribution >= 0.6 is 0 Å². The Morgan fingerprint density at radius 1 is 1.69 bits per heavy atom. The van der Waals surface area contributed by atoms with Crippen LogP contribution in [0.25, 0.3) is 0 Å². The first-order valence-electron chi connectivity index (χ1n) is 3.80. The summed E-state index contributed by atoms with van der Waals surface area (Å²) in [6, 6.07) is 1.32. The van der Waals surface area contributed by atoms with Crippen LogP contribution in [0.4, 0.5) is 5.82 Å². The third-order valence-corrected chi connectivity index (χ3v) is 1.59. The molecule has 0 amide bonds. The van der Waals surface area contributed by atoms with Gasteiger partial charge in [-0.25, -0.2) is 4.79 Å². The molecule has 1 aromatic heterocycles. The van der Waals surface area contributed by atoms with E-state index in [4.69, 9.17) is 0 Å². The minimum absolute atomic E-state index is 0.408. The zero-order valence-electron chi connectivity index (χ0n) is 7.33. The summed E-state index contributed by atoms with van der Waals surface area (Å²) in [5.74, 6) is 0.480. The van der Waals surface area contributed by atoms with E-state index in [-0.39, 0.29) is 0 Å². The molecule has 0 aliphatic carbocycles. The van der Waals surface area contributed by atoms with Crippen molar-refractivity contribution in [1.82, 2.24) is 9.55 Å². The molecule has 0 aliphatic rings. The van der Waals surface area contributed by atoms with Gasteiger partial charge in [-0.2, -0.15) is 0 Å². The van der Waals surface area contributed by atoms with Gasteiger partial charge in [0.1, 0.15) is 5.82 Å². The largest absolute Gasteiger partial charge is 0.368 e. The summed E-state index contributed by atoms with van der Waals surface area (Å²) < 4.78 is 1.32. The van der Waals surface area contributed by atoms with Gasteiger partial charge < -0.3 is 5.32 Å². The van der Waals surface area contributed by atoms with Gasteiger partial charge in [0.2, 0.25) is 0 Å². The van der Waals surface area contributed by atoms with E-state index < -0.39 is 11.2 Å². The van der Waals surface area contributed by atoms with Crippen molar-refractivity contribution in [2.45, 2.75) is 0 Å². The molecule has 0 spiro atoms. The number of anilines is 1. The van der Waals surface area contributed by atoms with Crippen LogP contribution in [0.5, 0.6) is 0 Å². The third kappa shape index (κ3) is 2.08. The molecule has 0 atom stereocenters. The predicted octanol–water partition coefficient (Wildman–Crippen LogP) is -0.329. The van der Waals surface area contributed by atoms with E-state index in [0.29, 0.717) is 12.4 Å². The Bertz CT molecular complexity index is 416. The SMILES string of the molecule is C=CCNc1cc(=O)[nH]c(=O)n1C. The van der Waals surface area contributed by atoms with Gasteiger partial charge in [0.05, 0.1) is 0 Å². The molecule has 70 valence electrons. The molecule has 0 saturated carbocycles. The van der Waals surface area contributed by atoms with Gasteiger partial charge in [0, 0.05) is 19.7 Å². The molecule has 2 N–H and O–H groups in total. The Balaban J connectivity index is 3.13. The van der Waals surface area contributed by atoms with Crippen molar-refractivity contribution in [3.05, 3.63) is 39.6 Å². The molecule has 0 aliphatic heterocycles. The molecule has 5 heteroatoms. The second-order valence-corrected chi connectivity index (χ2v) is 2.55. The summed E-state index contributed by atoms with van der Waals surface area (Å²) in [4.78, 5) is 24.1. The highest BCUT2D eigenvalue weighted by atomic mass is 16.2. The summed E-state index contributed by atoms with van der Waals surface area (Å²) in [6.45, 7) is 4.03. The Morgan fingerprint density at radius 3 is 3.00 bits per heavy atom. The zero-order valence-corrected chi connectivity index (χ0v) is 7.33. The van der Waals surface area contributed by atoms with Gasteiger partial charge in [-0.05, 0) is 0 Å². The molecule has 5 nitrogen and oxygen atoms in total. The summed E-state index contributed by atoms with van der Waals surface area (Å²) in [5.41, 5.74) is -0.839. The fraction of sp³-hybridized carbons (Fsp3) is 0.250. The second-order valence-electron chi connectivity index (χ2n) is 2.55. The van der Waals surface area contributed by atoms with Gasteiger partial charge in [0.15, 0.2) is 0 Å². The smallest absolute Gasteiger partial charge is 0.329 e. The molecule has 0 aromatic carbocycles. The maximum absolute atomic E-state index is 11.1. The van der Waals surface area contributed by atoms with Crippen LogP contribution in [-0.2, 0) is 7.05 Å². The Hall–Kier alpha value is -1.78. The van der Waals surface area contributed by atoms with Crippen LogP contribution in [0.15, 0.2) is 28.3 Å². The van der Waals surface area contributed by atoms with Crippen LogP contribution in [0, 0.1) is 0 Å². The van der Waals surface area contributed by atoms with Crippen molar-refractivity contribution >= 4 is 5.82 Å². The molecule has 0 radical (unpaired) electrons. The first-order valence-corrected chi connectivity index (χ1v) is 3.80. The quantitative estimate of drug-likeness (QED) is 0.627. The van der Waals surface area contributed by atoms with Gasteiger partial charge in [-0.1, -0.05) is 6.08 Å². The molecule has 13 heavy (non-hydrogen) atoms. The van der Waals surface area contributed by atoms with Crippen LogP contribution < -0.4 is 16.6 Å². The molecule has 0 fully saturated rings. The van der Waals surface area contributed by atoms with Crippen molar-refractivity contribution < 1.29 is 0 Å². The number of hydrogen-bond acceptors (Lipinski definition) is 3. The fourth-order valence-electron chi connectivity index (χ4n) is 0.902. The van der Waals surface area contributed by atoms with E-state index in [1.165, 1.54) is 10.6 Å². The van der Waals surface area contributed by atoms with E-state index in [1.807, 2.05) is 0 Å². The van der Waals surface area contributed by atoms with E-state index in [2.05, 4.69) is 16.9 Å². The second kappa shape index (κ2) is 3.75. The topological polar surface area (TPSA) is 66.9 Å². The Morgan fingerprint density at radius 2 is 2.38 bits per heavy atom. The third-order valence-electron chi connectivity index (χ3n) is 1.59. The molecule has 1 aromatic rings. The lowest BCUT2D eigenvalue weighted by Gasteiger charge is -2.06. The number of H-pyrrole nitrogens is 1. The molecule has 1 heterocycles. The molecular formula is C8H11N3O2. The van der Waals surface area contributed by atoms with Crippen molar-refractivity contribution in [2.24, 2.45) is 7.05 Å². The molecule has 0 saturated heterocycles. The number of aromatic nitrogens is 2. The summed E-state index contributed by atoms with van der Waals surface area (Å²) in [5, 5.41) is 2.87. The van der Waals surface area contributed by atoms with Crippen molar-refractivity contribution in [3.8, 4) is 0 Å². The summed E-state index contributed by atoms with van der Waals surface area (Å²) in [6.07, 6.45) is 1.64. The number of rotatable bonds is 3. The first-order chi connectivity index (χ1) is 6.15. The van der Waals surface area contributed by atoms with Crippen LogP contribution in [-0.4, -0.2) is 16.1 Å². The van der Waals surface area contributed by atoms with E-state index >= 15 is 0 Å². The summed E-state index contributed by atoms with van der Waals surface area (Å²) in [7, 11) is 1.57. The maximum atomic E-state index is 11.1. The predicted molar refractivity (Wildman–Crippen MR) is 51.0 cm³/mol. The van der Waals surface area contributed by atoms with Crippen LogP contribution in [0.1, 0.15) is 0 Å². The normalized spacial score (nSPS) is 9.62. The highest BCUT2D eigenvalue weighted by molar-refractivity contribution is 5.34. The minimum atomic E-state index is -0.431. The van der Waals surface area contributed by atoms with E-state index in [9.17, 15) is 9.59 Å². The average Bonchev–Trinajstić information content (AvgIpc) is 2.09. The lowest BCUT2D eigenvalue weighted by atomic mass is 10.5. The van der Waals surface area contributed by atoms with Crippen LogP contribution in [0.2, 0.25) is 0 Å². The van der Waals surface area contributed by atoms with Gasteiger partial charge in [-0.3, -0.25) is 14.3 Å². The van der Waals surface area contributed by atoms with Gasteiger partial charge in [-0.15, -0.1) is 6.58 Å². The highest BCUT2D eigenvalue weighted by Gasteiger charge is 1.99. The standard InChI is InChI=1S/C8H11N3O2/c1-3-4-9-6-5-7(12)10-8(13)11(6)2/h3,5,9H,1,4H2,2H3,(H,10,12,13). The number of hydrogen-bond donors (Lipinski definition) is 2. The van der Waals surface area contributed by atoms with Gasteiger partial charge in [0.25, 0.3) is 5.56 Å². The van der Waals surface area contributed by atoms with Crippen molar-refractivity contribution in [1.29, 1.82) is 0 Å². The maximum Gasteiger partial charge on any atom is 0.329 e. The first kappa shape index (κ1) is 9.31. The van der Waals surface area contributed by atoms with Gasteiger partial charge >= 0.3 is 5.69 Å². The number of aromatic amines is 1.